The maximum Gasteiger partial charge on any atom is 0.260 e. The van der Waals surface area contributed by atoms with Gasteiger partial charge in [0.25, 0.3) is 5.91 Å². The maximum atomic E-state index is 12.1. The highest BCUT2D eigenvalue weighted by molar-refractivity contribution is 6.09. The minimum atomic E-state index is -0.238. The Morgan fingerprint density at radius 1 is 1.22 bits per heavy atom. The zero-order valence-electron chi connectivity index (χ0n) is 10.1. The van der Waals surface area contributed by atoms with Gasteiger partial charge in [0.05, 0.1) is 26.2 Å². The molecule has 1 aliphatic rings. The standard InChI is InChI=1S/C13H16N2O3/c14-5-7-18-8-6-15-12(16)9-10-3-1-2-4-11(10)13(15)17/h1-4H,5-9,14H2. The van der Waals surface area contributed by atoms with Crippen molar-refractivity contribution in [3.05, 3.63) is 35.4 Å². The molecule has 0 atom stereocenters. The Hall–Kier alpha value is -1.72. The van der Waals surface area contributed by atoms with Crippen molar-refractivity contribution >= 4 is 11.8 Å². The number of rotatable bonds is 5. The molecule has 2 rings (SSSR count). The smallest absolute Gasteiger partial charge is 0.260 e. The maximum absolute atomic E-state index is 12.1. The van der Waals surface area contributed by atoms with E-state index in [-0.39, 0.29) is 24.8 Å². The van der Waals surface area contributed by atoms with Crippen molar-refractivity contribution in [1.82, 2.24) is 4.90 Å². The third kappa shape index (κ3) is 2.57. The molecular weight excluding hydrogens is 232 g/mol. The van der Waals surface area contributed by atoms with Gasteiger partial charge in [-0.25, -0.2) is 0 Å². The Morgan fingerprint density at radius 3 is 2.78 bits per heavy atom. The lowest BCUT2D eigenvalue weighted by Gasteiger charge is -2.26. The molecule has 1 heterocycles. The first kappa shape index (κ1) is 12.7. The van der Waals surface area contributed by atoms with E-state index in [1.165, 1.54) is 4.90 Å². The summed E-state index contributed by atoms with van der Waals surface area (Å²) in [5.41, 5.74) is 6.70. The van der Waals surface area contributed by atoms with Gasteiger partial charge >= 0.3 is 0 Å². The van der Waals surface area contributed by atoms with Crippen LogP contribution in [0.5, 0.6) is 0 Å². The van der Waals surface area contributed by atoms with E-state index in [1.54, 1.807) is 12.1 Å². The first-order chi connectivity index (χ1) is 8.74. The predicted octanol–water partition coefficient (Wildman–Crippen LogP) is 0.187. The summed E-state index contributed by atoms with van der Waals surface area (Å²) in [5.74, 6) is -0.409. The topological polar surface area (TPSA) is 72.6 Å². The van der Waals surface area contributed by atoms with Crippen molar-refractivity contribution in [2.24, 2.45) is 5.73 Å². The molecule has 0 unspecified atom stereocenters. The van der Waals surface area contributed by atoms with Crippen LogP contribution in [0.4, 0.5) is 0 Å². The number of imide groups is 1. The predicted molar refractivity (Wildman–Crippen MR) is 66.1 cm³/mol. The summed E-state index contributed by atoms with van der Waals surface area (Å²) < 4.78 is 5.20. The molecule has 1 aliphatic heterocycles. The van der Waals surface area contributed by atoms with Crippen LogP contribution in [-0.2, 0) is 16.0 Å². The lowest BCUT2D eigenvalue weighted by Crippen LogP contribution is -2.44. The van der Waals surface area contributed by atoms with Crippen molar-refractivity contribution in [2.45, 2.75) is 6.42 Å². The average Bonchev–Trinajstić information content (AvgIpc) is 2.38. The van der Waals surface area contributed by atoms with E-state index in [9.17, 15) is 9.59 Å². The van der Waals surface area contributed by atoms with Gasteiger partial charge in [0.1, 0.15) is 0 Å². The fourth-order valence-electron chi connectivity index (χ4n) is 1.97. The second-order valence-electron chi connectivity index (χ2n) is 4.09. The Kier molecular flexibility index (Phi) is 4.07. The fourth-order valence-corrected chi connectivity index (χ4v) is 1.97. The third-order valence-corrected chi connectivity index (χ3v) is 2.86. The second kappa shape index (κ2) is 5.75. The van der Waals surface area contributed by atoms with Crippen LogP contribution < -0.4 is 5.73 Å². The molecule has 0 spiro atoms. The second-order valence-corrected chi connectivity index (χ2v) is 4.09. The van der Waals surface area contributed by atoms with Crippen LogP contribution >= 0.6 is 0 Å². The van der Waals surface area contributed by atoms with Gasteiger partial charge in [-0.2, -0.15) is 0 Å². The number of fused-ring (bicyclic) bond motifs is 1. The van der Waals surface area contributed by atoms with Crippen molar-refractivity contribution in [1.29, 1.82) is 0 Å². The van der Waals surface area contributed by atoms with Gasteiger partial charge in [-0.1, -0.05) is 18.2 Å². The van der Waals surface area contributed by atoms with Crippen molar-refractivity contribution < 1.29 is 14.3 Å². The molecule has 0 aromatic heterocycles. The van der Waals surface area contributed by atoms with Crippen LogP contribution in [0.1, 0.15) is 15.9 Å². The Balaban J connectivity index is 2.05. The van der Waals surface area contributed by atoms with E-state index < -0.39 is 0 Å². The molecule has 0 fully saturated rings. The summed E-state index contributed by atoms with van der Waals surface area (Å²) >= 11 is 0. The van der Waals surface area contributed by atoms with Crippen LogP contribution in [0, 0.1) is 0 Å². The van der Waals surface area contributed by atoms with E-state index >= 15 is 0 Å². The monoisotopic (exact) mass is 248 g/mol. The molecule has 18 heavy (non-hydrogen) atoms. The van der Waals surface area contributed by atoms with Crippen molar-refractivity contribution in [3.8, 4) is 0 Å². The van der Waals surface area contributed by atoms with Crippen LogP contribution in [0.3, 0.4) is 0 Å². The minimum Gasteiger partial charge on any atom is -0.378 e. The largest absolute Gasteiger partial charge is 0.378 e. The average molecular weight is 248 g/mol. The number of benzene rings is 1. The summed E-state index contributed by atoms with van der Waals surface area (Å²) in [6.45, 7) is 1.49. The SMILES string of the molecule is NCCOCCN1C(=O)Cc2ccccc2C1=O. The number of hydrogen-bond acceptors (Lipinski definition) is 4. The van der Waals surface area contributed by atoms with Gasteiger partial charge in [-0.3, -0.25) is 14.5 Å². The normalized spacial score (nSPS) is 14.8. The molecule has 0 radical (unpaired) electrons. The summed E-state index contributed by atoms with van der Waals surface area (Å²) in [5, 5.41) is 0. The summed E-state index contributed by atoms with van der Waals surface area (Å²) in [6.07, 6.45) is 0.277. The van der Waals surface area contributed by atoms with Crippen molar-refractivity contribution in [3.63, 3.8) is 0 Å². The zero-order valence-corrected chi connectivity index (χ0v) is 10.1. The molecule has 1 aromatic carbocycles. The highest BCUT2D eigenvalue weighted by atomic mass is 16.5. The molecule has 5 heteroatoms. The summed E-state index contributed by atoms with van der Waals surface area (Å²) in [6, 6.07) is 7.19. The van der Waals surface area contributed by atoms with Crippen LogP contribution in [0.25, 0.3) is 0 Å². The molecule has 0 bridgehead atoms. The van der Waals surface area contributed by atoms with Gasteiger partial charge in [0, 0.05) is 12.1 Å². The number of ether oxygens (including phenoxy) is 1. The third-order valence-electron chi connectivity index (χ3n) is 2.86. The van der Waals surface area contributed by atoms with E-state index in [2.05, 4.69) is 0 Å². The number of amides is 2. The Bertz CT molecular complexity index is 459. The highest BCUT2D eigenvalue weighted by Crippen LogP contribution is 2.19. The Morgan fingerprint density at radius 2 is 2.00 bits per heavy atom. The molecule has 2 N–H and O–H groups in total. The summed E-state index contributed by atoms with van der Waals surface area (Å²) in [4.78, 5) is 25.2. The number of hydrogen-bond donors (Lipinski definition) is 1. The van der Waals surface area contributed by atoms with Crippen molar-refractivity contribution in [2.75, 3.05) is 26.3 Å². The van der Waals surface area contributed by atoms with E-state index in [0.29, 0.717) is 25.3 Å². The molecule has 1 aromatic rings. The first-order valence-corrected chi connectivity index (χ1v) is 5.94. The number of nitrogens with zero attached hydrogens (tertiary/aromatic N) is 1. The molecule has 2 amide bonds. The number of carbonyl (C=O) groups excluding carboxylic acids is 2. The van der Waals surface area contributed by atoms with E-state index in [1.807, 2.05) is 12.1 Å². The Labute approximate surface area is 106 Å². The molecular formula is C13H16N2O3. The molecule has 0 saturated heterocycles. The molecule has 96 valence electrons. The van der Waals surface area contributed by atoms with Crippen LogP contribution in [0.2, 0.25) is 0 Å². The molecule has 0 saturated carbocycles. The van der Waals surface area contributed by atoms with Gasteiger partial charge in [0.2, 0.25) is 5.91 Å². The van der Waals surface area contributed by atoms with Crippen LogP contribution in [-0.4, -0.2) is 43.0 Å². The van der Waals surface area contributed by atoms with Crippen LogP contribution in [0.15, 0.2) is 24.3 Å². The lowest BCUT2D eigenvalue weighted by molar-refractivity contribution is -0.129. The van der Waals surface area contributed by atoms with Gasteiger partial charge < -0.3 is 10.5 Å². The van der Waals surface area contributed by atoms with E-state index in [0.717, 1.165) is 5.56 Å². The van der Waals surface area contributed by atoms with Gasteiger partial charge in [0.15, 0.2) is 0 Å². The number of carbonyl (C=O) groups is 2. The molecule has 5 nitrogen and oxygen atoms in total. The fraction of sp³-hybridized carbons (Fsp3) is 0.385. The number of nitrogens with two attached hydrogens (primary N) is 1. The minimum absolute atomic E-state index is 0.171. The van der Waals surface area contributed by atoms with E-state index in [4.69, 9.17) is 10.5 Å². The lowest BCUT2D eigenvalue weighted by atomic mass is 9.99. The first-order valence-electron chi connectivity index (χ1n) is 5.94. The highest BCUT2D eigenvalue weighted by Gasteiger charge is 2.29. The quantitative estimate of drug-likeness (QED) is 0.596. The molecule has 0 aliphatic carbocycles. The van der Waals surface area contributed by atoms with Gasteiger partial charge in [-0.05, 0) is 11.6 Å². The zero-order chi connectivity index (χ0) is 13.0. The summed E-state index contributed by atoms with van der Waals surface area (Å²) in [7, 11) is 0. The van der Waals surface area contributed by atoms with Gasteiger partial charge in [-0.15, -0.1) is 0 Å².